The van der Waals surface area contributed by atoms with Crippen molar-refractivity contribution in [2.24, 2.45) is 0 Å². The van der Waals surface area contributed by atoms with E-state index in [0.717, 1.165) is 11.1 Å². The average molecular weight is 438 g/mol. The molecule has 1 amide bonds. The average Bonchev–Trinajstić information content (AvgIpc) is 3.23. The lowest BCUT2D eigenvalue weighted by Gasteiger charge is -2.11. The van der Waals surface area contributed by atoms with Crippen LogP contribution in [0.15, 0.2) is 65.3 Å². The van der Waals surface area contributed by atoms with Gasteiger partial charge < -0.3 is 23.9 Å². The smallest absolute Gasteiger partial charge is 0.256 e. The number of furan rings is 1. The molecule has 0 spiro atoms. The maximum absolute atomic E-state index is 13.2. The summed E-state index contributed by atoms with van der Waals surface area (Å²) in [6.45, 7) is 0. The minimum atomic E-state index is -0.302. The molecule has 0 radical (unpaired) electrons. The molecule has 1 aromatic heterocycles. The van der Waals surface area contributed by atoms with E-state index in [-0.39, 0.29) is 5.91 Å². The number of hydrogen-bond acceptors (Lipinski definition) is 5. The largest absolute Gasteiger partial charge is 0.497 e. The van der Waals surface area contributed by atoms with E-state index in [4.69, 9.17) is 30.2 Å². The van der Waals surface area contributed by atoms with Gasteiger partial charge in [-0.25, -0.2) is 0 Å². The van der Waals surface area contributed by atoms with Gasteiger partial charge in [0, 0.05) is 33.8 Å². The van der Waals surface area contributed by atoms with Crippen molar-refractivity contribution < 1.29 is 23.4 Å². The van der Waals surface area contributed by atoms with E-state index in [1.807, 2.05) is 12.1 Å². The second-order valence-electron chi connectivity index (χ2n) is 6.76. The van der Waals surface area contributed by atoms with E-state index < -0.39 is 0 Å². The molecule has 7 heteroatoms. The van der Waals surface area contributed by atoms with E-state index >= 15 is 0 Å². The van der Waals surface area contributed by atoms with Crippen LogP contribution in [0.1, 0.15) is 10.4 Å². The van der Waals surface area contributed by atoms with Crippen LogP contribution in [0, 0.1) is 0 Å². The number of methoxy groups -OCH3 is 3. The molecular weight excluding hydrogens is 418 g/mol. The first-order valence-corrected chi connectivity index (χ1v) is 9.79. The predicted octanol–water partition coefficient (Wildman–Crippen LogP) is 6.03. The van der Waals surface area contributed by atoms with Gasteiger partial charge in [-0.2, -0.15) is 0 Å². The molecule has 0 saturated carbocycles. The van der Waals surface area contributed by atoms with Crippen molar-refractivity contribution in [1.82, 2.24) is 0 Å². The van der Waals surface area contributed by atoms with Crippen LogP contribution in [0.5, 0.6) is 17.2 Å². The van der Waals surface area contributed by atoms with Crippen LogP contribution in [0.25, 0.3) is 22.1 Å². The van der Waals surface area contributed by atoms with E-state index in [2.05, 4.69) is 5.32 Å². The van der Waals surface area contributed by atoms with Crippen molar-refractivity contribution in [1.29, 1.82) is 0 Å². The highest BCUT2D eigenvalue weighted by Gasteiger charge is 2.20. The van der Waals surface area contributed by atoms with Crippen LogP contribution in [0.2, 0.25) is 5.02 Å². The third kappa shape index (κ3) is 4.15. The summed E-state index contributed by atoms with van der Waals surface area (Å²) in [5.41, 5.74) is 3.09. The normalized spacial score (nSPS) is 10.7. The monoisotopic (exact) mass is 437 g/mol. The number of carbonyl (C=O) groups excluding carboxylic acids is 1. The molecule has 158 valence electrons. The van der Waals surface area contributed by atoms with Gasteiger partial charge in [-0.05, 0) is 48.0 Å². The van der Waals surface area contributed by atoms with Crippen molar-refractivity contribution in [3.05, 3.63) is 71.4 Å². The molecule has 0 aliphatic rings. The summed E-state index contributed by atoms with van der Waals surface area (Å²) in [5, 5.41) is 4.14. The molecule has 31 heavy (non-hydrogen) atoms. The van der Waals surface area contributed by atoms with Crippen LogP contribution in [-0.2, 0) is 0 Å². The second kappa shape index (κ2) is 8.62. The molecule has 0 aliphatic heterocycles. The maximum Gasteiger partial charge on any atom is 0.256 e. The minimum Gasteiger partial charge on any atom is -0.497 e. The van der Waals surface area contributed by atoms with Crippen molar-refractivity contribution in [2.45, 2.75) is 0 Å². The van der Waals surface area contributed by atoms with Gasteiger partial charge in [0.05, 0.1) is 33.2 Å². The Morgan fingerprint density at radius 3 is 2.10 bits per heavy atom. The number of amides is 1. The Labute approximate surface area is 184 Å². The highest BCUT2D eigenvalue weighted by molar-refractivity contribution is 6.30. The van der Waals surface area contributed by atoms with Gasteiger partial charge in [-0.3, -0.25) is 4.79 Å². The van der Waals surface area contributed by atoms with Crippen LogP contribution >= 0.6 is 11.6 Å². The van der Waals surface area contributed by atoms with E-state index in [0.29, 0.717) is 44.5 Å². The molecule has 3 aromatic carbocycles. The zero-order valence-corrected chi connectivity index (χ0v) is 17.9. The van der Waals surface area contributed by atoms with Gasteiger partial charge in [0.1, 0.15) is 22.8 Å². The number of ether oxygens (including phenoxy) is 3. The summed E-state index contributed by atoms with van der Waals surface area (Å²) in [7, 11) is 4.71. The molecule has 0 unspecified atom stereocenters. The Morgan fingerprint density at radius 2 is 1.48 bits per heavy atom. The van der Waals surface area contributed by atoms with E-state index in [1.54, 1.807) is 70.1 Å². The second-order valence-corrected chi connectivity index (χ2v) is 7.20. The Morgan fingerprint density at radius 1 is 0.871 bits per heavy atom. The van der Waals surface area contributed by atoms with Gasteiger partial charge in [-0.15, -0.1) is 0 Å². The van der Waals surface area contributed by atoms with Crippen molar-refractivity contribution in [2.75, 3.05) is 26.6 Å². The van der Waals surface area contributed by atoms with Gasteiger partial charge in [0.25, 0.3) is 5.91 Å². The van der Waals surface area contributed by atoms with Crippen molar-refractivity contribution >= 4 is 34.2 Å². The third-order valence-electron chi connectivity index (χ3n) is 4.89. The fourth-order valence-electron chi connectivity index (χ4n) is 3.35. The van der Waals surface area contributed by atoms with Crippen LogP contribution in [0.3, 0.4) is 0 Å². The van der Waals surface area contributed by atoms with Gasteiger partial charge in [0.15, 0.2) is 0 Å². The lowest BCUT2D eigenvalue weighted by atomic mass is 9.99. The highest BCUT2D eigenvalue weighted by atomic mass is 35.5. The zero-order valence-electron chi connectivity index (χ0n) is 17.2. The predicted molar refractivity (Wildman–Crippen MR) is 121 cm³/mol. The summed E-state index contributed by atoms with van der Waals surface area (Å²) in [6.07, 6.45) is 1.61. The molecule has 4 rings (SSSR count). The van der Waals surface area contributed by atoms with Crippen LogP contribution in [0.4, 0.5) is 5.69 Å². The standard InChI is InChI=1S/C24H20ClNO5/c1-28-17-8-14(9-18(10-17)29-2)21-13-31-22-12-19(30-3)11-20(23(21)22)24(27)26-16-6-4-15(25)5-7-16/h4-13H,1-3H3,(H,26,27). The van der Waals surface area contributed by atoms with Gasteiger partial charge in [-0.1, -0.05) is 11.6 Å². The molecule has 1 heterocycles. The molecular formula is C24H20ClNO5. The maximum atomic E-state index is 13.2. The third-order valence-corrected chi connectivity index (χ3v) is 5.15. The number of rotatable bonds is 6. The van der Waals surface area contributed by atoms with Crippen molar-refractivity contribution in [3.63, 3.8) is 0 Å². The SMILES string of the molecule is COc1cc(OC)cc(-c2coc3cc(OC)cc(C(=O)Nc4ccc(Cl)cc4)c23)c1. The Hall–Kier alpha value is -3.64. The molecule has 4 aromatic rings. The Bertz CT molecular complexity index is 1220. The molecule has 0 aliphatic carbocycles. The zero-order chi connectivity index (χ0) is 22.0. The first-order chi connectivity index (χ1) is 15.0. The number of anilines is 1. The lowest BCUT2D eigenvalue weighted by Crippen LogP contribution is -2.12. The molecule has 1 N–H and O–H groups in total. The summed E-state index contributed by atoms with van der Waals surface area (Å²) in [4.78, 5) is 13.2. The molecule has 0 bridgehead atoms. The summed E-state index contributed by atoms with van der Waals surface area (Å²) in [5.74, 6) is 1.47. The minimum absolute atomic E-state index is 0.302. The number of hydrogen-bond donors (Lipinski definition) is 1. The first kappa shape index (κ1) is 20.6. The Balaban J connectivity index is 1.86. The van der Waals surface area contributed by atoms with Crippen molar-refractivity contribution in [3.8, 4) is 28.4 Å². The highest BCUT2D eigenvalue weighted by Crippen LogP contribution is 2.39. The summed E-state index contributed by atoms with van der Waals surface area (Å²) < 4.78 is 21.9. The molecule has 0 fully saturated rings. The fourth-order valence-corrected chi connectivity index (χ4v) is 3.47. The van der Waals surface area contributed by atoms with Crippen LogP contribution < -0.4 is 19.5 Å². The van der Waals surface area contributed by atoms with E-state index in [9.17, 15) is 4.79 Å². The molecule has 6 nitrogen and oxygen atoms in total. The first-order valence-electron chi connectivity index (χ1n) is 9.42. The summed E-state index contributed by atoms with van der Waals surface area (Å²) >= 11 is 5.94. The van der Waals surface area contributed by atoms with E-state index in [1.165, 1.54) is 0 Å². The van der Waals surface area contributed by atoms with Crippen LogP contribution in [-0.4, -0.2) is 27.2 Å². The quantitative estimate of drug-likeness (QED) is 0.398. The number of benzene rings is 3. The van der Waals surface area contributed by atoms with Gasteiger partial charge in [0.2, 0.25) is 0 Å². The molecule has 0 atom stereocenters. The topological polar surface area (TPSA) is 69.9 Å². The number of carbonyl (C=O) groups is 1. The lowest BCUT2D eigenvalue weighted by molar-refractivity contribution is 0.102. The number of fused-ring (bicyclic) bond motifs is 1. The summed E-state index contributed by atoms with van der Waals surface area (Å²) in [6, 6.07) is 15.8. The van der Waals surface area contributed by atoms with Gasteiger partial charge >= 0.3 is 0 Å². The fraction of sp³-hybridized carbons (Fsp3) is 0.125. The number of nitrogens with one attached hydrogen (secondary N) is 1. The Kier molecular flexibility index (Phi) is 5.73. The molecule has 0 saturated heterocycles. The number of halogens is 1.